The zero-order valence-corrected chi connectivity index (χ0v) is 16.8. The minimum atomic E-state index is -0.882. The number of hydrogen-bond donors (Lipinski definition) is 0. The summed E-state index contributed by atoms with van der Waals surface area (Å²) in [5.74, 6) is -0.587. The highest BCUT2D eigenvalue weighted by Gasteiger charge is 2.24. The van der Waals surface area contributed by atoms with Gasteiger partial charge in [0.15, 0.2) is 11.6 Å². The molecule has 2 aromatic carbocycles. The first-order valence-corrected chi connectivity index (χ1v) is 10.7. The number of ether oxygens (including phenoxy) is 1. The van der Waals surface area contributed by atoms with Gasteiger partial charge in [0, 0.05) is 9.49 Å². The van der Waals surface area contributed by atoms with Crippen molar-refractivity contribution >= 4 is 22.6 Å². The zero-order valence-electron chi connectivity index (χ0n) is 14.7. The third-order valence-corrected chi connectivity index (χ3v) is 6.81. The first-order chi connectivity index (χ1) is 12.6. The van der Waals surface area contributed by atoms with Crippen molar-refractivity contribution in [2.45, 2.75) is 48.4 Å². The maximum Gasteiger partial charge on any atom is 0.201 e. The van der Waals surface area contributed by atoms with Gasteiger partial charge < -0.3 is 4.74 Å². The summed E-state index contributed by atoms with van der Waals surface area (Å²) in [6.45, 7) is 0.476. The fraction of sp³-hybridized carbons (Fsp3) is 0.455. The maximum atomic E-state index is 14.5. The van der Waals surface area contributed by atoms with E-state index in [4.69, 9.17) is 4.74 Å². The van der Waals surface area contributed by atoms with Gasteiger partial charge in [-0.3, -0.25) is 0 Å². The third kappa shape index (κ3) is 4.05. The van der Waals surface area contributed by atoms with Crippen LogP contribution in [0.4, 0.5) is 8.78 Å². The SMILES string of the molecule is Fc1c(OCC2CC2)ccc(-c2ccc(C3CCC(I)CC3)cc2)c1F. The van der Waals surface area contributed by atoms with Crippen molar-refractivity contribution < 1.29 is 13.5 Å². The minimum absolute atomic E-state index is 0.0188. The van der Waals surface area contributed by atoms with Gasteiger partial charge in [-0.15, -0.1) is 0 Å². The molecule has 4 heteroatoms. The van der Waals surface area contributed by atoms with Crippen LogP contribution in [-0.2, 0) is 0 Å². The van der Waals surface area contributed by atoms with Crippen molar-refractivity contribution in [3.05, 3.63) is 53.6 Å². The molecule has 0 aliphatic heterocycles. The second kappa shape index (κ2) is 7.83. The molecule has 2 aliphatic carbocycles. The molecule has 26 heavy (non-hydrogen) atoms. The number of alkyl halides is 1. The number of hydrogen-bond acceptors (Lipinski definition) is 1. The highest BCUT2D eigenvalue weighted by Crippen LogP contribution is 2.37. The molecule has 0 heterocycles. The topological polar surface area (TPSA) is 9.23 Å². The van der Waals surface area contributed by atoms with Gasteiger partial charge in [-0.25, -0.2) is 4.39 Å². The smallest absolute Gasteiger partial charge is 0.201 e. The van der Waals surface area contributed by atoms with E-state index in [0.29, 0.717) is 29.6 Å². The molecule has 0 radical (unpaired) electrons. The Labute approximate surface area is 167 Å². The van der Waals surface area contributed by atoms with E-state index in [1.165, 1.54) is 31.2 Å². The number of halogens is 3. The van der Waals surface area contributed by atoms with Crippen LogP contribution in [0.2, 0.25) is 0 Å². The molecule has 0 aromatic heterocycles. The molecule has 2 aliphatic rings. The summed E-state index contributed by atoms with van der Waals surface area (Å²) in [7, 11) is 0. The third-order valence-electron chi connectivity index (χ3n) is 5.57. The van der Waals surface area contributed by atoms with Crippen molar-refractivity contribution in [2.24, 2.45) is 5.92 Å². The fourth-order valence-electron chi connectivity index (χ4n) is 3.68. The van der Waals surface area contributed by atoms with Crippen LogP contribution in [0.15, 0.2) is 36.4 Å². The van der Waals surface area contributed by atoms with E-state index < -0.39 is 11.6 Å². The quantitative estimate of drug-likeness (QED) is 0.343. The van der Waals surface area contributed by atoms with E-state index in [9.17, 15) is 8.78 Å². The Morgan fingerprint density at radius 1 is 0.846 bits per heavy atom. The van der Waals surface area contributed by atoms with Gasteiger partial charge >= 0.3 is 0 Å². The molecule has 0 amide bonds. The Hall–Kier alpha value is -1.17. The molecule has 2 aromatic rings. The van der Waals surface area contributed by atoms with Crippen molar-refractivity contribution in [3.8, 4) is 16.9 Å². The summed E-state index contributed by atoms with van der Waals surface area (Å²) in [6.07, 6.45) is 7.18. The summed E-state index contributed by atoms with van der Waals surface area (Å²) in [6, 6.07) is 11.1. The normalized spacial score (nSPS) is 23.0. The van der Waals surface area contributed by atoms with Crippen molar-refractivity contribution in [1.82, 2.24) is 0 Å². The predicted octanol–water partition coefficient (Wildman–Crippen LogP) is 6.88. The van der Waals surface area contributed by atoms with Crippen molar-refractivity contribution in [1.29, 1.82) is 0 Å². The molecule has 0 N–H and O–H groups in total. The lowest BCUT2D eigenvalue weighted by Crippen LogP contribution is -2.12. The molecule has 138 valence electrons. The van der Waals surface area contributed by atoms with Gasteiger partial charge in [0.1, 0.15) is 0 Å². The zero-order chi connectivity index (χ0) is 18.1. The van der Waals surface area contributed by atoms with Crippen molar-refractivity contribution in [3.63, 3.8) is 0 Å². The first-order valence-electron chi connectivity index (χ1n) is 9.47. The van der Waals surface area contributed by atoms with E-state index in [1.807, 2.05) is 12.1 Å². The molecule has 1 nitrogen and oxygen atoms in total. The molecule has 0 saturated heterocycles. The van der Waals surface area contributed by atoms with E-state index in [-0.39, 0.29) is 5.75 Å². The summed E-state index contributed by atoms with van der Waals surface area (Å²) >= 11 is 2.53. The highest BCUT2D eigenvalue weighted by molar-refractivity contribution is 14.1. The first kappa shape index (κ1) is 18.2. The molecule has 0 atom stereocenters. The largest absolute Gasteiger partial charge is 0.490 e. The van der Waals surface area contributed by atoms with E-state index in [2.05, 4.69) is 34.7 Å². The summed E-state index contributed by atoms with van der Waals surface area (Å²) in [5, 5.41) is 0. The summed E-state index contributed by atoms with van der Waals surface area (Å²) in [4.78, 5) is 0. The van der Waals surface area contributed by atoms with Crippen LogP contribution in [-0.4, -0.2) is 10.5 Å². The summed E-state index contributed by atoms with van der Waals surface area (Å²) < 4.78 is 35.1. The Kier molecular flexibility index (Phi) is 5.48. The molecule has 2 fully saturated rings. The molecule has 0 spiro atoms. The molecule has 2 saturated carbocycles. The predicted molar refractivity (Wildman–Crippen MR) is 109 cm³/mol. The Morgan fingerprint density at radius 2 is 1.54 bits per heavy atom. The minimum Gasteiger partial charge on any atom is -0.490 e. The molecular formula is C22H23F2IO. The molecule has 0 unspecified atom stereocenters. The van der Waals surface area contributed by atoms with Gasteiger partial charge in [-0.05, 0) is 73.6 Å². The van der Waals surface area contributed by atoms with Gasteiger partial charge in [0.2, 0.25) is 5.82 Å². The Bertz CT molecular complexity index is 762. The molecule has 4 rings (SSSR count). The van der Waals surface area contributed by atoms with Crippen LogP contribution in [0.25, 0.3) is 11.1 Å². The fourth-order valence-corrected chi connectivity index (χ4v) is 4.40. The van der Waals surface area contributed by atoms with E-state index >= 15 is 0 Å². The van der Waals surface area contributed by atoms with Gasteiger partial charge in [0.05, 0.1) is 6.61 Å². The maximum absolute atomic E-state index is 14.5. The number of rotatable bonds is 5. The Morgan fingerprint density at radius 3 is 2.19 bits per heavy atom. The lowest BCUT2D eigenvalue weighted by atomic mass is 9.83. The van der Waals surface area contributed by atoms with Crippen LogP contribution >= 0.6 is 22.6 Å². The van der Waals surface area contributed by atoms with Crippen LogP contribution < -0.4 is 4.74 Å². The van der Waals surface area contributed by atoms with Gasteiger partial charge in [-0.1, -0.05) is 46.9 Å². The average Bonchev–Trinajstić information content (AvgIpc) is 3.48. The second-order valence-electron chi connectivity index (χ2n) is 7.56. The standard InChI is InChI=1S/C22H23F2IO/c23-21-19(11-12-20(22(21)24)26-13-14-1-2-14)17-5-3-15(4-6-17)16-7-9-18(25)10-8-16/h3-6,11-12,14,16,18H,1-2,7-10,13H2. The van der Waals surface area contributed by atoms with E-state index in [0.717, 1.165) is 16.8 Å². The second-order valence-corrected chi connectivity index (χ2v) is 9.33. The van der Waals surface area contributed by atoms with Crippen LogP contribution in [0.3, 0.4) is 0 Å². The summed E-state index contributed by atoms with van der Waals surface area (Å²) in [5.41, 5.74) is 2.31. The van der Waals surface area contributed by atoms with E-state index in [1.54, 1.807) is 12.1 Å². The van der Waals surface area contributed by atoms with Crippen LogP contribution in [0.1, 0.15) is 50.0 Å². The molecule has 0 bridgehead atoms. The monoisotopic (exact) mass is 468 g/mol. The van der Waals surface area contributed by atoms with Crippen LogP contribution in [0, 0.1) is 17.6 Å². The molecular weight excluding hydrogens is 445 g/mol. The lowest BCUT2D eigenvalue weighted by Gasteiger charge is -2.25. The van der Waals surface area contributed by atoms with Crippen molar-refractivity contribution in [2.75, 3.05) is 6.61 Å². The Balaban J connectivity index is 1.50. The highest BCUT2D eigenvalue weighted by atomic mass is 127. The van der Waals surface area contributed by atoms with Gasteiger partial charge in [0.25, 0.3) is 0 Å². The average molecular weight is 468 g/mol. The number of benzene rings is 2. The van der Waals surface area contributed by atoms with Gasteiger partial charge in [-0.2, -0.15) is 4.39 Å². The lowest BCUT2D eigenvalue weighted by molar-refractivity contribution is 0.280. The van der Waals surface area contributed by atoms with Crippen LogP contribution in [0.5, 0.6) is 5.75 Å².